The minimum atomic E-state index is -0.0637. The van der Waals surface area contributed by atoms with Crippen molar-refractivity contribution >= 4 is 33.8 Å². The lowest BCUT2D eigenvalue weighted by Gasteiger charge is -2.31. The highest BCUT2D eigenvalue weighted by Gasteiger charge is 2.22. The zero-order chi connectivity index (χ0) is 18.4. The van der Waals surface area contributed by atoms with Gasteiger partial charge in [-0.1, -0.05) is 22.0 Å². The molecule has 5 nitrogen and oxygen atoms in total. The molecule has 1 fully saturated rings. The number of nitrogens with one attached hydrogen (secondary N) is 1. The topological polar surface area (TPSA) is 62.6 Å². The Morgan fingerprint density at radius 1 is 1.23 bits per heavy atom. The van der Waals surface area contributed by atoms with Crippen molar-refractivity contribution in [3.63, 3.8) is 0 Å². The summed E-state index contributed by atoms with van der Waals surface area (Å²) in [4.78, 5) is 26.2. The third-order valence-electron chi connectivity index (χ3n) is 4.50. The lowest BCUT2D eigenvalue weighted by atomic mass is 9.96. The molecular weight excluding hydrogens is 396 g/mol. The Morgan fingerprint density at radius 3 is 2.73 bits per heavy atom. The van der Waals surface area contributed by atoms with Crippen LogP contribution in [0.25, 0.3) is 6.08 Å². The first-order chi connectivity index (χ1) is 12.6. The Labute approximate surface area is 161 Å². The lowest BCUT2D eigenvalue weighted by molar-refractivity contribution is -0.127. The van der Waals surface area contributed by atoms with Crippen molar-refractivity contribution in [1.29, 1.82) is 0 Å². The van der Waals surface area contributed by atoms with Crippen LogP contribution in [-0.4, -0.2) is 36.3 Å². The third kappa shape index (κ3) is 5.08. The standard InChI is InChI=1S/C20H21BrN2O3/c21-17-4-1-3-16(13-17)20(25)22-14-15-8-10-23(11-9-15)19(24)7-6-18-5-2-12-26-18/h1-7,12-13,15H,8-11,14H2,(H,22,25). The smallest absolute Gasteiger partial charge is 0.251 e. The summed E-state index contributed by atoms with van der Waals surface area (Å²) in [5, 5.41) is 2.99. The Balaban J connectivity index is 1.42. The van der Waals surface area contributed by atoms with Gasteiger partial charge in [-0.05, 0) is 55.2 Å². The van der Waals surface area contributed by atoms with E-state index in [-0.39, 0.29) is 11.8 Å². The molecular formula is C20H21BrN2O3. The van der Waals surface area contributed by atoms with Crippen molar-refractivity contribution in [2.24, 2.45) is 5.92 Å². The zero-order valence-electron chi connectivity index (χ0n) is 14.4. The molecule has 0 atom stereocenters. The average Bonchev–Trinajstić information content (AvgIpc) is 3.18. The number of carbonyl (C=O) groups excluding carboxylic acids is 2. The Hall–Kier alpha value is -2.34. The Kier molecular flexibility index (Phi) is 6.28. The number of furan rings is 1. The van der Waals surface area contributed by atoms with E-state index in [0.29, 0.717) is 36.9 Å². The van der Waals surface area contributed by atoms with Gasteiger partial charge in [-0.2, -0.15) is 0 Å². The molecule has 1 aliphatic heterocycles. The molecule has 1 aromatic heterocycles. The molecule has 1 saturated heterocycles. The van der Waals surface area contributed by atoms with Crippen LogP contribution in [-0.2, 0) is 4.79 Å². The highest BCUT2D eigenvalue weighted by Crippen LogP contribution is 2.18. The molecule has 0 radical (unpaired) electrons. The number of amides is 2. The van der Waals surface area contributed by atoms with Crippen LogP contribution in [0.5, 0.6) is 0 Å². The van der Waals surface area contributed by atoms with Gasteiger partial charge in [0.05, 0.1) is 6.26 Å². The summed E-state index contributed by atoms with van der Waals surface area (Å²) in [6, 6.07) is 10.9. The van der Waals surface area contributed by atoms with E-state index in [0.717, 1.165) is 17.3 Å². The molecule has 3 rings (SSSR count). The number of halogens is 1. The average molecular weight is 417 g/mol. The number of likely N-dealkylation sites (tertiary alicyclic amines) is 1. The predicted octanol–water partition coefficient (Wildman–Crippen LogP) is 3.72. The summed E-state index contributed by atoms with van der Waals surface area (Å²) in [7, 11) is 0. The summed E-state index contributed by atoms with van der Waals surface area (Å²) in [5.74, 6) is 0.997. The van der Waals surface area contributed by atoms with Crippen molar-refractivity contribution in [3.8, 4) is 0 Å². The molecule has 0 unspecified atom stereocenters. The Morgan fingerprint density at radius 2 is 2.04 bits per heavy atom. The molecule has 0 bridgehead atoms. The van der Waals surface area contributed by atoms with E-state index < -0.39 is 0 Å². The summed E-state index contributed by atoms with van der Waals surface area (Å²) >= 11 is 3.37. The second kappa shape index (κ2) is 8.85. The van der Waals surface area contributed by atoms with Crippen LogP contribution in [0.3, 0.4) is 0 Å². The van der Waals surface area contributed by atoms with Crippen LogP contribution in [0.1, 0.15) is 29.0 Å². The van der Waals surface area contributed by atoms with Crippen LogP contribution < -0.4 is 5.32 Å². The third-order valence-corrected chi connectivity index (χ3v) is 4.99. The Bertz CT molecular complexity index is 778. The number of carbonyl (C=O) groups is 2. The van der Waals surface area contributed by atoms with Gasteiger partial charge in [-0.25, -0.2) is 0 Å². The number of rotatable bonds is 5. The normalized spacial score (nSPS) is 15.3. The second-order valence-corrected chi connectivity index (χ2v) is 7.25. The quantitative estimate of drug-likeness (QED) is 0.755. The van der Waals surface area contributed by atoms with E-state index in [1.54, 1.807) is 30.5 Å². The lowest BCUT2D eigenvalue weighted by Crippen LogP contribution is -2.40. The van der Waals surface area contributed by atoms with Crippen molar-refractivity contribution in [1.82, 2.24) is 10.2 Å². The number of benzene rings is 1. The highest BCUT2D eigenvalue weighted by atomic mass is 79.9. The first-order valence-electron chi connectivity index (χ1n) is 8.66. The van der Waals surface area contributed by atoms with E-state index >= 15 is 0 Å². The molecule has 0 saturated carbocycles. The molecule has 26 heavy (non-hydrogen) atoms. The summed E-state index contributed by atoms with van der Waals surface area (Å²) in [6.45, 7) is 2.05. The monoisotopic (exact) mass is 416 g/mol. The second-order valence-electron chi connectivity index (χ2n) is 6.34. The van der Waals surface area contributed by atoms with E-state index in [9.17, 15) is 9.59 Å². The number of nitrogens with zero attached hydrogens (tertiary/aromatic N) is 1. The van der Waals surface area contributed by atoms with E-state index in [4.69, 9.17) is 4.42 Å². The van der Waals surface area contributed by atoms with Crippen LogP contribution in [0, 0.1) is 5.92 Å². The summed E-state index contributed by atoms with van der Waals surface area (Å²) < 4.78 is 6.07. The minimum absolute atomic E-state index is 0.00183. The summed E-state index contributed by atoms with van der Waals surface area (Å²) in [5.41, 5.74) is 0.648. The van der Waals surface area contributed by atoms with E-state index in [2.05, 4.69) is 21.2 Å². The predicted molar refractivity (Wildman–Crippen MR) is 104 cm³/mol. The maximum Gasteiger partial charge on any atom is 0.251 e. The molecule has 2 heterocycles. The first kappa shape index (κ1) is 18.5. The molecule has 136 valence electrons. The fourth-order valence-electron chi connectivity index (χ4n) is 2.97. The summed E-state index contributed by atoms with van der Waals surface area (Å²) in [6.07, 6.45) is 6.59. The van der Waals surface area contributed by atoms with E-state index in [1.165, 1.54) is 0 Å². The van der Waals surface area contributed by atoms with Crippen LogP contribution in [0.4, 0.5) is 0 Å². The SMILES string of the molecule is O=C(NCC1CCN(C(=O)C=Cc2ccco2)CC1)c1cccc(Br)c1. The number of hydrogen-bond acceptors (Lipinski definition) is 3. The van der Waals surface area contributed by atoms with Gasteiger partial charge in [0.25, 0.3) is 5.91 Å². The van der Waals surface area contributed by atoms with Crippen LogP contribution >= 0.6 is 15.9 Å². The minimum Gasteiger partial charge on any atom is -0.465 e. The molecule has 1 aromatic carbocycles. The van der Waals surface area contributed by atoms with Crippen molar-refractivity contribution in [2.75, 3.05) is 19.6 Å². The number of hydrogen-bond donors (Lipinski definition) is 1. The van der Waals surface area contributed by atoms with Crippen molar-refractivity contribution in [3.05, 3.63) is 64.5 Å². The van der Waals surface area contributed by atoms with Gasteiger partial charge in [-0.15, -0.1) is 0 Å². The zero-order valence-corrected chi connectivity index (χ0v) is 15.9. The molecule has 0 spiro atoms. The fourth-order valence-corrected chi connectivity index (χ4v) is 3.37. The van der Waals surface area contributed by atoms with Gasteiger partial charge >= 0.3 is 0 Å². The molecule has 1 N–H and O–H groups in total. The van der Waals surface area contributed by atoms with Crippen molar-refractivity contribution in [2.45, 2.75) is 12.8 Å². The van der Waals surface area contributed by atoms with Gasteiger partial charge in [0.1, 0.15) is 5.76 Å². The first-order valence-corrected chi connectivity index (χ1v) is 9.45. The number of piperidine rings is 1. The van der Waals surface area contributed by atoms with E-state index in [1.807, 2.05) is 29.2 Å². The van der Waals surface area contributed by atoms with Gasteiger partial charge in [0, 0.05) is 35.7 Å². The van der Waals surface area contributed by atoms with Crippen LogP contribution in [0.2, 0.25) is 0 Å². The highest BCUT2D eigenvalue weighted by molar-refractivity contribution is 9.10. The fraction of sp³-hybridized carbons (Fsp3) is 0.300. The van der Waals surface area contributed by atoms with Crippen LogP contribution in [0.15, 0.2) is 57.6 Å². The van der Waals surface area contributed by atoms with Crippen molar-refractivity contribution < 1.29 is 14.0 Å². The van der Waals surface area contributed by atoms with Gasteiger partial charge in [0.15, 0.2) is 0 Å². The molecule has 0 aliphatic carbocycles. The van der Waals surface area contributed by atoms with Gasteiger partial charge < -0.3 is 14.6 Å². The van der Waals surface area contributed by atoms with Gasteiger partial charge in [0.2, 0.25) is 5.91 Å². The molecule has 2 amide bonds. The maximum atomic E-state index is 12.2. The molecule has 2 aromatic rings. The molecule has 6 heteroatoms. The maximum absolute atomic E-state index is 12.2. The van der Waals surface area contributed by atoms with Gasteiger partial charge in [-0.3, -0.25) is 9.59 Å². The molecule has 1 aliphatic rings. The largest absolute Gasteiger partial charge is 0.465 e.